The molecule has 304 valence electrons. The second-order valence-corrected chi connectivity index (χ2v) is 21.6. The van der Waals surface area contributed by atoms with Gasteiger partial charge in [0.25, 0.3) is 6.71 Å². The van der Waals surface area contributed by atoms with E-state index >= 15 is 0 Å². The van der Waals surface area contributed by atoms with Gasteiger partial charge in [-0.15, -0.1) is 11.3 Å². The number of thiophene rings is 1. The zero-order valence-corrected chi connectivity index (χ0v) is 37.7. The molecule has 0 radical (unpaired) electrons. The van der Waals surface area contributed by atoms with Gasteiger partial charge >= 0.3 is 0 Å². The summed E-state index contributed by atoms with van der Waals surface area (Å²) < 4.78 is 9.14. The molecule has 3 unspecified atom stereocenters. The van der Waals surface area contributed by atoms with E-state index < -0.39 is 0 Å². The number of rotatable bonds is 5. The summed E-state index contributed by atoms with van der Waals surface area (Å²) in [5, 5.41) is 2.59. The maximum atomic E-state index is 6.15. The first-order valence-corrected chi connectivity index (χ1v) is 23.7. The summed E-state index contributed by atoms with van der Waals surface area (Å²) in [5.41, 5.74) is 17.7. The highest BCUT2D eigenvalue weighted by molar-refractivity contribution is 7.32. The van der Waals surface area contributed by atoms with E-state index in [1.165, 1.54) is 68.8 Å². The predicted molar refractivity (Wildman–Crippen MR) is 257 cm³/mol. The molecule has 0 fully saturated rings. The SMILES string of the molecule is CC(C)C1=CC2=C(CC1)N(/C=C/C=C\c1cc3ccccc3o1)C1=C3B2c2sc4cc5c(cc4c2N(c2ccc4c(c2)C(C)CCC4C)C3CC=C1)C(C)(C)CCC5(C)C. The van der Waals surface area contributed by atoms with Crippen LogP contribution in [0.4, 0.5) is 11.4 Å². The van der Waals surface area contributed by atoms with Crippen molar-refractivity contribution in [1.82, 2.24) is 4.90 Å². The first kappa shape index (κ1) is 38.2. The minimum absolute atomic E-state index is 0.140. The van der Waals surface area contributed by atoms with Crippen LogP contribution in [0.5, 0.6) is 0 Å². The van der Waals surface area contributed by atoms with Crippen molar-refractivity contribution in [2.75, 3.05) is 4.90 Å². The van der Waals surface area contributed by atoms with E-state index in [-0.39, 0.29) is 23.6 Å². The second kappa shape index (κ2) is 13.9. The number of allylic oxidation sites excluding steroid dienone is 7. The van der Waals surface area contributed by atoms with E-state index in [9.17, 15) is 0 Å². The molecule has 4 heterocycles. The largest absolute Gasteiger partial charge is 0.457 e. The molecule has 0 amide bonds. The van der Waals surface area contributed by atoms with Crippen molar-refractivity contribution < 1.29 is 4.42 Å². The molecular formula is C55H59BN2OS. The molecule has 5 aromatic rings. The molecular weight excluding hydrogens is 747 g/mol. The summed E-state index contributed by atoms with van der Waals surface area (Å²) in [6.45, 7) is 19.8. The van der Waals surface area contributed by atoms with E-state index in [1.807, 2.05) is 12.1 Å². The van der Waals surface area contributed by atoms with Crippen LogP contribution in [0.3, 0.4) is 0 Å². The molecule has 0 saturated carbocycles. The highest BCUT2D eigenvalue weighted by Crippen LogP contribution is 2.54. The molecule has 3 nitrogen and oxygen atoms in total. The molecule has 0 spiro atoms. The van der Waals surface area contributed by atoms with E-state index in [2.05, 4.69) is 168 Å². The molecule has 2 aromatic heterocycles. The third kappa shape index (κ3) is 5.88. The third-order valence-electron chi connectivity index (χ3n) is 15.5. The summed E-state index contributed by atoms with van der Waals surface area (Å²) in [5.74, 6) is 2.57. The van der Waals surface area contributed by atoms with Crippen LogP contribution < -0.4 is 9.68 Å². The Balaban J connectivity index is 1.14. The summed E-state index contributed by atoms with van der Waals surface area (Å²) in [6.07, 6.45) is 24.5. The fourth-order valence-corrected chi connectivity index (χ4v) is 13.2. The van der Waals surface area contributed by atoms with Crippen LogP contribution in [0.2, 0.25) is 0 Å². The van der Waals surface area contributed by atoms with Crippen LogP contribution in [-0.4, -0.2) is 17.7 Å². The Morgan fingerprint density at radius 1 is 0.867 bits per heavy atom. The van der Waals surface area contributed by atoms with Crippen molar-refractivity contribution in [2.24, 2.45) is 5.92 Å². The smallest absolute Gasteiger partial charge is 0.259 e. The molecule has 0 saturated heterocycles. The van der Waals surface area contributed by atoms with E-state index in [1.54, 1.807) is 33.3 Å². The van der Waals surface area contributed by atoms with Crippen LogP contribution in [0.1, 0.15) is 140 Å². The number of fused-ring (bicyclic) bond motifs is 8. The van der Waals surface area contributed by atoms with Gasteiger partial charge in [-0.2, -0.15) is 0 Å². The molecule has 6 aliphatic rings. The minimum Gasteiger partial charge on any atom is -0.457 e. The topological polar surface area (TPSA) is 19.6 Å². The van der Waals surface area contributed by atoms with Crippen molar-refractivity contribution in [3.63, 3.8) is 0 Å². The first-order valence-electron chi connectivity index (χ1n) is 22.9. The van der Waals surface area contributed by atoms with Gasteiger partial charge in [-0.1, -0.05) is 103 Å². The van der Waals surface area contributed by atoms with Gasteiger partial charge in [-0.25, -0.2) is 0 Å². The van der Waals surface area contributed by atoms with Gasteiger partial charge in [0.05, 0.1) is 11.7 Å². The Labute approximate surface area is 362 Å². The summed E-state index contributed by atoms with van der Waals surface area (Å²) >= 11 is 2.09. The van der Waals surface area contributed by atoms with Gasteiger partial charge < -0.3 is 14.2 Å². The highest BCUT2D eigenvalue weighted by Gasteiger charge is 2.50. The number of benzene rings is 3. The zero-order valence-electron chi connectivity index (χ0n) is 36.9. The molecule has 3 aromatic carbocycles. The number of hydrogen-bond donors (Lipinski definition) is 0. The third-order valence-corrected chi connectivity index (χ3v) is 16.7. The second-order valence-electron chi connectivity index (χ2n) is 20.5. The quantitative estimate of drug-likeness (QED) is 0.130. The average molecular weight is 807 g/mol. The lowest BCUT2D eigenvalue weighted by molar-refractivity contribution is 0.332. The Hall–Kier alpha value is -4.74. The Kier molecular flexibility index (Phi) is 8.85. The van der Waals surface area contributed by atoms with E-state index in [0.717, 1.165) is 36.0 Å². The normalized spacial score (nSPS) is 24.1. The fourth-order valence-electron chi connectivity index (χ4n) is 11.8. The van der Waals surface area contributed by atoms with E-state index in [0.29, 0.717) is 17.8 Å². The number of para-hydroxylation sites is 1. The number of hydrogen-bond acceptors (Lipinski definition) is 4. The van der Waals surface area contributed by atoms with Crippen molar-refractivity contribution in [3.05, 3.63) is 153 Å². The number of nitrogens with zero attached hydrogens (tertiary/aromatic N) is 2. The van der Waals surface area contributed by atoms with Gasteiger partial charge in [0, 0.05) is 43.5 Å². The van der Waals surface area contributed by atoms with Crippen LogP contribution in [0.15, 0.2) is 130 Å². The van der Waals surface area contributed by atoms with Crippen LogP contribution in [-0.2, 0) is 10.8 Å². The molecule has 60 heavy (non-hydrogen) atoms. The molecule has 11 rings (SSSR count). The lowest BCUT2D eigenvalue weighted by Crippen LogP contribution is -2.55. The minimum atomic E-state index is 0.140. The maximum Gasteiger partial charge on any atom is 0.259 e. The lowest BCUT2D eigenvalue weighted by Gasteiger charge is -2.49. The Morgan fingerprint density at radius 3 is 2.42 bits per heavy atom. The van der Waals surface area contributed by atoms with Crippen molar-refractivity contribution in [1.29, 1.82) is 0 Å². The summed E-state index contributed by atoms with van der Waals surface area (Å²) in [7, 11) is 0. The lowest BCUT2D eigenvalue weighted by atomic mass is 9.33. The number of anilines is 2. The molecule has 5 heteroatoms. The van der Waals surface area contributed by atoms with Crippen LogP contribution in [0.25, 0.3) is 27.1 Å². The maximum absolute atomic E-state index is 6.15. The number of furan rings is 1. The van der Waals surface area contributed by atoms with Crippen LogP contribution >= 0.6 is 11.3 Å². The molecule has 4 aliphatic carbocycles. The molecule has 3 atom stereocenters. The van der Waals surface area contributed by atoms with Crippen molar-refractivity contribution in [3.8, 4) is 0 Å². The predicted octanol–water partition coefficient (Wildman–Crippen LogP) is 14.7. The molecule has 0 bridgehead atoms. The van der Waals surface area contributed by atoms with Gasteiger partial charge in [-0.3, -0.25) is 0 Å². The van der Waals surface area contributed by atoms with Gasteiger partial charge in [0.1, 0.15) is 11.3 Å². The first-order chi connectivity index (χ1) is 28.9. The van der Waals surface area contributed by atoms with Gasteiger partial charge in [0.2, 0.25) is 0 Å². The Bertz CT molecular complexity index is 2760. The molecule has 0 N–H and O–H groups in total. The molecule has 2 aliphatic heterocycles. The zero-order chi connectivity index (χ0) is 41.2. The summed E-state index contributed by atoms with van der Waals surface area (Å²) in [4.78, 5) is 5.39. The van der Waals surface area contributed by atoms with Crippen molar-refractivity contribution >= 4 is 61.3 Å². The van der Waals surface area contributed by atoms with Gasteiger partial charge in [0.15, 0.2) is 0 Å². The van der Waals surface area contributed by atoms with Crippen molar-refractivity contribution in [2.45, 2.75) is 129 Å². The van der Waals surface area contributed by atoms with Gasteiger partial charge in [-0.05, 0) is 161 Å². The monoisotopic (exact) mass is 806 g/mol. The Morgan fingerprint density at radius 2 is 1.63 bits per heavy atom. The fraction of sp³-hybridized carbons (Fsp3) is 0.382. The van der Waals surface area contributed by atoms with Crippen LogP contribution in [0, 0.1) is 5.92 Å². The highest BCUT2D eigenvalue weighted by atomic mass is 32.1. The van der Waals surface area contributed by atoms with E-state index in [4.69, 9.17) is 4.42 Å². The standard InChI is InChI=1S/C55H59BN2OS/c1-33(2)36-21-24-46-45(29-36)56-51-47(57(46)27-12-11-15-39-28-37-14-9-10-18-49(37)59-39)16-13-17-48(51)58(38-22-23-40-34(3)19-20-35(4)41(40)30-38)52-42-31-43-44(32-50(42)60-53(52)56)55(7,8)26-25-54(43,5)6/h9-16,18,22-23,27-35,48H,17,19-21,24-26H2,1-8H3/b15-11-,27-12+. The average Bonchev–Trinajstić information content (AvgIpc) is 3.83. The summed E-state index contributed by atoms with van der Waals surface area (Å²) in [6, 6.07) is 23.5.